The molecule has 0 unspecified atom stereocenters. The number of hydrogen-bond donors (Lipinski definition) is 2. The van der Waals surface area contributed by atoms with Crippen LogP contribution in [0.5, 0.6) is 5.75 Å². The van der Waals surface area contributed by atoms with Gasteiger partial charge in [-0.25, -0.2) is 0 Å². The van der Waals surface area contributed by atoms with Crippen molar-refractivity contribution in [1.82, 2.24) is 10.6 Å². The first-order valence-electron chi connectivity index (χ1n) is 6.28. The van der Waals surface area contributed by atoms with Gasteiger partial charge in [0.25, 0.3) is 5.91 Å². The van der Waals surface area contributed by atoms with E-state index in [-0.39, 0.29) is 30.0 Å². The number of rotatable bonds is 7. The van der Waals surface area contributed by atoms with E-state index in [9.17, 15) is 14.9 Å². The predicted molar refractivity (Wildman–Crippen MR) is 74.6 cm³/mol. The number of hydrogen-bond acceptors (Lipinski definition) is 5. The molecule has 20 heavy (non-hydrogen) atoms. The molecule has 0 aliphatic heterocycles. The van der Waals surface area contributed by atoms with Crippen LogP contribution in [0.1, 0.15) is 19.4 Å². The number of nitro benzene ring substituents is 1. The third kappa shape index (κ3) is 4.85. The number of ether oxygens (including phenoxy) is 1. The average molecular weight is 281 g/mol. The first-order valence-corrected chi connectivity index (χ1v) is 6.28. The van der Waals surface area contributed by atoms with Crippen molar-refractivity contribution in [3.8, 4) is 5.75 Å². The predicted octanol–water partition coefficient (Wildman–Crippen LogP) is 1.22. The second kappa shape index (κ2) is 7.44. The van der Waals surface area contributed by atoms with Crippen molar-refractivity contribution in [3.63, 3.8) is 0 Å². The number of amides is 1. The Morgan fingerprint density at radius 3 is 2.70 bits per heavy atom. The summed E-state index contributed by atoms with van der Waals surface area (Å²) in [6, 6.07) is 4.59. The second-order valence-electron chi connectivity index (χ2n) is 4.60. The van der Waals surface area contributed by atoms with Gasteiger partial charge in [-0.15, -0.1) is 0 Å². The summed E-state index contributed by atoms with van der Waals surface area (Å²) < 4.78 is 5.27. The van der Waals surface area contributed by atoms with Crippen LogP contribution in [0.25, 0.3) is 0 Å². The fraction of sp³-hybridized carbons (Fsp3) is 0.462. The van der Waals surface area contributed by atoms with Gasteiger partial charge in [0, 0.05) is 18.7 Å². The molecule has 110 valence electrons. The molecule has 0 heterocycles. The van der Waals surface area contributed by atoms with Gasteiger partial charge in [0.15, 0.2) is 12.4 Å². The van der Waals surface area contributed by atoms with Crippen LogP contribution in [0, 0.1) is 10.1 Å². The molecular weight excluding hydrogens is 262 g/mol. The highest BCUT2D eigenvalue weighted by molar-refractivity contribution is 5.77. The number of nitrogens with one attached hydrogen (secondary N) is 2. The van der Waals surface area contributed by atoms with Gasteiger partial charge >= 0.3 is 5.69 Å². The largest absolute Gasteiger partial charge is 0.477 e. The minimum atomic E-state index is -0.529. The maximum absolute atomic E-state index is 11.5. The van der Waals surface area contributed by atoms with Gasteiger partial charge in [-0.1, -0.05) is 6.07 Å². The first kappa shape index (κ1) is 15.9. The molecule has 0 saturated carbocycles. The smallest absolute Gasteiger partial charge is 0.310 e. The maximum Gasteiger partial charge on any atom is 0.310 e. The van der Waals surface area contributed by atoms with Gasteiger partial charge in [-0.3, -0.25) is 14.9 Å². The van der Waals surface area contributed by atoms with Gasteiger partial charge in [-0.05, 0) is 32.5 Å². The summed E-state index contributed by atoms with van der Waals surface area (Å²) >= 11 is 0. The molecule has 0 aliphatic carbocycles. The highest BCUT2D eigenvalue weighted by Gasteiger charge is 2.16. The fourth-order valence-electron chi connectivity index (χ4n) is 1.65. The molecule has 1 rings (SSSR count). The summed E-state index contributed by atoms with van der Waals surface area (Å²) in [5, 5.41) is 16.5. The van der Waals surface area contributed by atoms with Gasteiger partial charge in [0.1, 0.15) is 0 Å². The Bertz CT molecular complexity index is 489. The van der Waals surface area contributed by atoms with Gasteiger partial charge in [0.05, 0.1) is 4.92 Å². The van der Waals surface area contributed by atoms with E-state index in [0.717, 1.165) is 5.56 Å². The highest BCUT2D eigenvalue weighted by atomic mass is 16.6. The zero-order valence-corrected chi connectivity index (χ0v) is 11.8. The quantitative estimate of drug-likeness (QED) is 0.579. The van der Waals surface area contributed by atoms with E-state index in [1.807, 2.05) is 13.8 Å². The third-order valence-corrected chi connectivity index (χ3v) is 2.41. The summed E-state index contributed by atoms with van der Waals surface area (Å²) in [5.41, 5.74) is 0.694. The number of nitro groups is 1. The molecule has 0 saturated heterocycles. The molecule has 0 fully saturated rings. The Hall–Kier alpha value is -2.15. The van der Waals surface area contributed by atoms with Gasteiger partial charge < -0.3 is 15.4 Å². The molecule has 0 spiro atoms. The van der Waals surface area contributed by atoms with Gasteiger partial charge in [-0.2, -0.15) is 0 Å². The van der Waals surface area contributed by atoms with Crippen LogP contribution in [0.15, 0.2) is 18.2 Å². The molecule has 0 bridgehead atoms. The Balaban J connectivity index is 2.82. The molecule has 7 heteroatoms. The zero-order valence-electron chi connectivity index (χ0n) is 11.8. The molecule has 1 aromatic carbocycles. The summed E-state index contributed by atoms with van der Waals surface area (Å²) in [4.78, 5) is 21.9. The molecule has 0 radical (unpaired) electrons. The Labute approximate surface area is 117 Å². The van der Waals surface area contributed by atoms with E-state index in [0.29, 0.717) is 6.54 Å². The van der Waals surface area contributed by atoms with Crippen LogP contribution in [0.4, 0.5) is 5.69 Å². The van der Waals surface area contributed by atoms with E-state index in [2.05, 4.69) is 10.6 Å². The summed E-state index contributed by atoms with van der Waals surface area (Å²) in [6.07, 6.45) is 0. The van der Waals surface area contributed by atoms with E-state index in [1.165, 1.54) is 6.07 Å². The Morgan fingerprint density at radius 2 is 2.15 bits per heavy atom. The molecule has 0 atom stereocenters. The minimum Gasteiger partial charge on any atom is -0.477 e. The van der Waals surface area contributed by atoms with Crippen LogP contribution in [0.2, 0.25) is 0 Å². The average Bonchev–Trinajstić information content (AvgIpc) is 2.36. The van der Waals surface area contributed by atoms with Crippen LogP contribution >= 0.6 is 0 Å². The monoisotopic (exact) mass is 281 g/mol. The van der Waals surface area contributed by atoms with Crippen molar-refractivity contribution in [2.45, 2.75) is 26.4 Å². The standard InChI is InChI=1S/C13H19N3O4/c1-9(2)15-13(17)8-20-12-6-10(7-14-3)4-5-11(12)16(18)19/h4-6,9,14H,7-8H2,1-3H3,(H,15,17). The zero-order chi connectivity index (χ0) is 15.1. The first-order chi connectivity index (χ1) is 9.43. The SMILES string of the molecule is CNCc1ccc([N+](=O)[O-])c(OCC(=O)NC(C)C)c1. The van der Waals surface area contributed by atoms with Crippen molar-refractivity contribution in [2.75, 3.05) is 13.7 Å². The van der Waals surface area contributed by atoms with Crippen LogP contribution in [0.3, 0.4) is 0 Å². The van der Waals surface area contributed by atoms with Crippen molar-refractivity contribution in [1.29, 1.82) is 0 Å². The topological polar surface area (TPSA) is 93.5 Å². The van der Waals surface area contributed by atoms with E-state index in [4.69, 9.17) is 4.74 Å². The summed E-state index contributed by atoms with van der Waals surface area (Å²) in [6.45, 7) is 3.97. The highest BCUT2D eigenvalue weighted by Crippen LogP contribution is 2.27. The van der Waals surface area contributed by atoms with Crippen molar-refractivity contribution in [2.24, 2.45) is 0 Å². The normalized spacial score (nSPS) is 10.4. The second-order valence-corrected chi connectivity index (χ2v) is 4.60. The van der Waals surface area contributed by atoms with Crippen LogP contribution in [-0.4, -0.2) is 30.5 Å². The van der Waals surface area contributed by atoms with Crippen molar-refractivity contribution >= 4 is 11.6 Å². The number of carbonyl (C=O) groups excluding carboxylic acids is 1. The molecule has 1 aromatic rings. The van der Waals surface area contributed by atoms with E-state index >= 15 is 0 Å². The lowest BCUT2D eigenvalue weighted by Crippen LogP contribution is -2.34. The lowest BCUT2D eigenvalue weighted by molar-refractivity contribution is -0.385. The fourth-order valence-corrected chi connectivity index (χ4v) is 1.65. The molecule has 0 aromatic heterocycles. The van der Waals surface area contributed by atoms with Crippen molar-refractivity contribution < 1.29 is 14.5 Å². The Kier molecular flexibility index (Phi) is 5.92. The number of nitrogens with zero attached hydrogens (tertiary/aromatic N) is 1. The molecule has 1 amide bonds. The summed E-state index contributed by atoms with van der Waals surface area (Å²) in [7, 11) is 1.78. The lowest BCUT2D eigenvalue weighted by Gasteiger charge is -2.11. The van der Waals surface area contributed by atoms with E-state index in [1.54, 1.807) is 19.2 Å². The maximum atomic E-state index is 11.5. The van der Waals surface area contributed by atoms with E-state index < -0.39 is 4.92 Å². The number of benzene rings is 1. The minimum absolute atomic E-state index is 0.00304. The molecule has 7 nitrogen and oxygen atoms in total. The molecule has 2 N–H and O–H groups in total. The lowest BCUT2D eigenvalue weighted by atomic mass is 10.2. The molecule has 0 aliphatic rings. The van der Waals surface area contributed by atoms with Crippen molar-refractivity contribution in [3.05, 3.63) is 33.9 Å². The molecular formula is C13H19N3O4. The Morgan fingerprint density at radius 1 is 1.45 bits per heavy atom. The summed E-state index contributed by atoms with van der Waals surface area (Å²) in [5.74, 6) is -0.213. The third-order valence-electron chi connectivity index (χ3n) is 2.41. The van der Waals surface area contributed by atoms with Crippen LogP contribution in [-0.2, 0) is 11.3 Å². The number of carbonyl (C=O) groups is 1. The van der Waals surface area contributed by atoms with Crippen LogP contribution < -0.4 is 15.4 Å². The van der Waals surface area contributed by atoms with Gasteiger partial charge in [0.2, 0.25) is 0 Å².